The summed E-state index contributed by atoms with van der Waals surface area (Å²) in [5.41, 5.74) is 3.07. The first-order chi connectivity index (χ1) is 12.6. The zero-order chi connectivity index (χ0) is 18.1. The van der Waals surface area contributed by atoms with E-state index in [-0.39, 0.29) is 5.43 Å². The minimum absolute atomic E-state index is 0.0417. The third-order valence-electron chi connectivity index (χ3n) is 4.47. The Morgan fingerprint density at radius 1 is 1.15 bits per heavy atom. The Bertz CT molecular complexity index is 1060. The topological polar surface area (TPSA) is 37.3 Å². The second kappa shape index (κ2) is 6.84. The quantitative estimate of drug-likeness (QED) is 0.726. The van der Waals surface area contributed by atoms with E-state index in [9.17, 15) is 4.79 Å². The number of benzene rings is 1. The second-order valence-corrected chi connectivity index (χ2v) is 7.38. The molecule has 0 unspecified atom stereocenters. The van der Waals surface area contributed by atoms with Crippen LogP contribution in [-0.4, -0.2) is 18.7 Å². The number of fused-ring (bicyclic) bond motifs is 1. The van der Waals surface area contributed by atoms with Crippen molar-refractivity contribution in [2.24, 2.45) is 0 Å². The van der Waals surface area contributed by atoms with Crippen LogP contribution < -0.4 is 15.6 Å². The van der Waals surface area contributed by atoms with Crippen LogP contribution in [0, 0.1) is 0 Å². The molecule has 5 heteroatoms. The van der Waals surface area contributed by atoms with Crippen molar-refractivity contribution in [1.29, 1.82) is 0 Å². The van der Waals surface area contributed by atoms with Gasteiger partial charge in [0.15, 0.2) is 5.43 Å². The van der Waals surface area contributed by atoms with Gasteiger partial charge in [-0.15, -0.1) is 11.3 Å². The fourth-order valence-electron chi connectivity index (χ4n) is 3.21. The van der Waals surface area contributed by atoms with Gasteiger partial charge in [-0.05, 0) is 31.1 Å². The summed E-state index contributed by atoms with van der Waals surface area (Å²) in [5.74, 6) is 0.790. The number of aromatic nitrogens is 1. The minimum Gasteiger partial charge on any atom is -0.376 e. The molecule has 1 N–H and O–H groups in total. The van der Waals surface area contributed by atoms with Crippen molar-refractivity contribution in [3.63, 3.8) is 0 Å². The van der Waals surface area contributed by atoms with Crippen LogP contribution in [0.25, 0.3) is 15.9 Å². The van der Waals surface area contributed by atoms with Crippen LogP contribution in [0.3, 0.4) is 0 Å². The molecule has 1 aromatic carbocycles. The molecule has 0 saturated heterocycles. The fourth-order valence-corrected chi connectivity index (χ4v) is 4.40. The lowest BCUT2D eigenvalue weighted by molar-refractivity contribution is 1.01. The van der Waals surface area contributed by atoms with Gasteiger partial charge < -0.3 is 10.2 Å². The molecule has 2 aromatic heterocycles. The Morgan fingerprint density at radius 2 is 1.96 bits per heavy atom. The van der Waals surface area contributed by atoms with Crippen LogP contribution in [0.1, 0.15) is 12.8 Å². The first kappa shape index (κ1) is 16.7. The summed E-state index contributed by atoms with van der Waals surface area (Å²) in [7, 11) is 3.94. The van der Waals surface area contributed by atoms with Crippen molar-refractivity contribution < 1.29 is 0 Å². The molecule has 0 atom stereocenters. The average Bonchev–Trinajstić information content (AvgIpc) is 3.09. The summed E-state index contributed by atoms with van der Waals surface area (Å²) >= 11 is 1.60. The summed E-state index contributed by atoms with van der Waals surface area (Å²) in [6, 6.07) is 11.9. The van der Waals surface area contributed by atoms with E-state index in [1.165, 1.54) is 0 Å². The van der Waals surface area contributed by atoms with E-state index in [1.807, 2.05) is 37.2 Å². The van der Waals surface area contributed by atoms with E-state index in [1.54, 1.807) is 17.4 Å². The van der Waals surface area contributed by atoms with Gasteiger partial charge in [-0.1, -0.05) is 30.4 Å². The van der Waals surface area contributed by atoms with Gasteiger partial charge in [-0.2, -0.15) is 0 Å². The predicted octanol–water partition coefficient (Wildman–Crippen LogP) is 4.76. The fraction of sp³-hybridized carbons (Fsp3) is 0.190. The molecule has 4 rings (SSSR count). The number of rotatable bonds is 4. The van der Waals surface area contributed by atoms with E-state index in [2.05, 4.69) is 45.6 Å². The maximum Gasteiger partial charge on any atom is 0.194 e. The number of hydrogen-bond acceptors (Lipinski definition) is 4. The second-order valence-electron chi connectivity index (χ2n) is 6.52. The largest absolute Gasteiger partial charge is 0.376 e. The lowest BCUT2D eigenvalue weighted by Crippen LogP contribution is -2.15. The SMILES string of the molecule is CN(C)c1csc2c1c(=O)cc(NC1=CCCC=C1)n2-c1ccccc1. The molecule has 26 heavy (non-hydrogen) atoms. The number of para-hydroxylation sites is 1. The first-order valence-electron chi connectivity index (χ1n) is 8.69. The first-order valence-corrected chi connectivity index (χ1v) is 9.57. The molecule has 0 radical (unpaired) electrons. The Hall–Kier alpha value is -2.79. The van der Waals surface area contributed by atoms with Gasteiger partial charge in [-0.25, -0.2) is 0 Å². The highest BCUT2D eigenvalue weighted by Gasteiger charge is 2.17. The summed E-state index contributed by atoms with van der Waals surface area (Å²) in [4.78, 5) is 15.8. The zero-order valence-corrected chi connectivity index (χ0v) is 15.7. The molecule has 0 bridgehead atoms. The molecule has 0 saturated carbocycles. The molecule has 0 spiro atoms. The summed E-state index contributed by atoms with van der Waals surface area (Å²) < 4.78 is 2.14. The van der Waals surface area contributed by atoms with Crippen molar-refractivity contribution in [3.8, 4) is 5.69 Å². The summed E-state index contributed by atoms with van der Waals surface area (Å²) in [6.45, 7) is 0. The number of nitrogens with one attached hydrogen (secondary N) is 1. The Kier molecular flexibility index (Phi) is 4.39. The summed E-state index contributed by atoms with van der Waals surface area (Å²) in [6.07, 6.45) is 8.48. The monoisotopic (exact) mass is 363 g/mol. The van der Waals surface area contributed by atoms with Gasteiger partial charge in [0.2, 0.25) is 0 Å². The van der Waals surface area contributed by atoms with Crippen LogP contribution >= 0.6 is 11.3 Å². The molecule has 2 heterocycles. The highest BCUT2D eigenvalue weighted by atomic mass is 32.1. The Morgan fingerprint density at radius 3 is 2.65 bits per heavy atom. The molecule has 3 aromatic rings. The third kappa shape index (κ3) is 2.95. The number of anilines is 2. The van der Waals surface area contributed by atoms with Crippen molar-refractivity contribution in [2.75, 3.05) is 24.3 Å². The third-order valence-corrected chi connectivity index (χ3v) is 5.43. The van der Waals surface area contributed by atoms with E-state index in [0.29, 0.717) is 0 Å². The highest BCUT2D eigenvalue weighted by molar-refractivity contribution is 7.17. The van der Waals surface area contributed by atoms with E-state index in [4.69, 9.17) is 0 Å². The van der Waals surface area contributed by atoms with Crippen LogP contribution in [0.4, 0.5) is 11.5 Å². The van der Waals surface area contributed by atoms with Crippen LogP contribution in [0.2, 0.25) is 0 Å². The lowest BCUT2D eigenvalue weighted by Gasteiger charge is -2.19. The smallest absolute Gasteiger partial charge is 0.194 e. The number of thiophene rings is 1. The molecule has 4 nitrogen and oxygen atoms in total. The molecule has 1 aliphatic carbocycles. The van der Waals surface area contributed by atoms with Crippen molar-refractivity contribution >= 4 is 33.1 Å². The van der Waals surface area contributed by atoms with E-state index < -0.39 is 0 Å². The average molecular weight is 363 g/mol. The van der Waals surface area contributed by atoms with Gasteiger partial charge in [0.05, 0.1) is 11.1 Å². The van der Waals surface area contributed by atoms with Crippen LogP contribution in [-0.2, 0) is 0 Å². The van der Waals surface area contributed by atoms with Crippen LogP contribution in [0.15, 0.2) is 70.5 Å². The highest BCUT2D eigenvalue weighted by Crippen LogP contribution is 2.34. The zero-order valence-electron chi connectivity index (χ0n) is 14.9. The van der Waals surface area contributed by atoms with Crippen LogP contribution in [0.5, 0.6) is 0 Å². The normalized spacial score (nSPS) is 13.7. The standard InChI is InChI=1S/C21H21N3OS/c1-23(2)17-14-26-21-20(17)18(25)13-19(22-15-9-5-3-6-10-15)24(21)16-11-7-4-8-12-16/h4-5,7-14,22H,3,6H2,1-2H3. The van der Waals surface area contributed by atoms with Gasteiger partial charge in [0.1, 0.15) is 10.6 Å². The molecular weight excluding hydrogens is 342 g/mol. The van der Waals surface area contributed by atoms with E-state index >= 15 is 0 Å². The van der Waals surface area contributed by atoms with Crippen molar-refractivity contribution in [2.45, 2.75) is 12.8 Å². The van der Waals surface area contributed by atoms with Gasteiger partial charge >= 0.3 is 0 Å². The number of hydrogen-bond donors (Lipinski definition) is 1. The lowest BCUT2D eigenvalue weighted by atomic mass is 10.1. The molecule has 0 aliphatic heterocycles. The number of nitrogens with zero attached hydrogens (tertiary/aromatic N) is 2. The molecule has 132 valence electrons. The van der Waals surface area contributed by atoms with E-state index in [0.717, 1.165) is 45.9 Å². The number of pyridine rings is 1. The van der Waals surface area contributed by atoms with Crippen molar-refractivity contribution in [3.05, 3.63) is 75.9 Å². The number of allylic oxidation sites excluding steroid dienone is 3. The van der Waals surface area contributed by atoms with Gasteiger partial charge in [0.25, 0.3) is 0 Å². The van der Waals surface area contributed by atoms with Gasteiger partial charge in [0, 0.05) is 36.9 Å². The maximum absolute atomic E-state index is 12.9. The summed E-state index contributed by atoms with van der Waals surface area (Å²) in [5, 5.41) is 6.27. The molecule has 0 amide bonds. The Labute approximate surface area is 156 Å². The predicted molar refractivity (Wildman–Crippen MR) is 112 cm³/mol. The van der Waals surface area contributed by atoms with Crippen molar-refractivity contribution in [1.82, 2.24) is 4.57 Å². The molecule has 1 aliphatic rings. The molecular formula is C21H21N3OS. The van der Waals surface area contributed by atoms with Gasteiger partial charge in [-0.3, -0.25) is 9.36 Å². The Balaban J connectivity index is 1.97. The molecule has 0 fully saturated rings. The maximum atomic E-state index is 12.9. The minimum atomic E-state index is 0.0417.